The number of ether oxygens (including phenoxy) is 4. The standard InChI is InChI=1S/C19H22ClNO5/c1-11(14-10-13(23-2)6-7-16(14)24-3)21-19(22)12-8-15(20)18(26-5)17(9-12)25-4/h6-11H,1-5H3,(H,21,22)/t11-/m1/s1. The fraction of sp³-hybridized carbons (Fsp3) is 0.316. The van der Waals surface area contributed by atoms with Gasteiger partial charge in [-0.2, -0.15) is 0 Å². The molecule has 0 radical (unpaired) electrons. The van der Waals surface area contributed by atoms with Crippen LogP contribution in [0.3, 0.4) is 0 Å². The minimum Gasteiger partial charge on any atom is -0.497 e. The number of amides is 1. The van der Waals surface area contributed by atoms with Crippen LogP contribution in [0.25, 0.3) is 0 Å². The van der Waals surface area contributed by atoms with Crippen LogP contribution in [0, 0.1) is 0 Å². The monoisotopic (exact) mass is 379 g/mol. The SMILES string of the molecule is COc1ccc(OC)c([C@@H](C)NC(=O)c2cc(Cl)c(OC)c(OC)c2)c1. The van der Waals surface area contributed by atoms with Gasteiger partial charge in [0.2, 0.25) is 0 Å². The van der Waals surface area contributed by atoms with E-state index in [2.05, 4.69) is 5.32 Å². The molecular weight excluding hydrogens is 358 g/mol. The van der Waals surface area contributed by atoms with Crippen molar-refractivity contribution in [3.63, 3.8) is 0 Å². The highest BCUT2D eigenvalue weighted by atomic mass is 35.5. The molecule has 0 bridgehead atoms. The van der Waals surface area contributed by atoms with Crippen molar-refractivity contribution in [2.75, 3.05) is 28.4 Å². The molecule has 0 spiro atoms. The Morgan fingerprint density at radius 2 is 1.65 bits per heavy atom. The molecule has 1 atom stereocenters. The van der Waals surface area contributed by atoms with Crippen molar-refractivity contribution in [3.05, 3.63) is 46.5 Å². The van der Waals surface area contributed by atoms with E-state index >= 15 is 0 Å². The van der Waals surface area contributed by atoms with Gasteiger partial charge in [0.1, 0.15) is 11.5 Å². The Labute approximate surface area is 158 Å². The van der Waals surface area contributed by atoms with Crippen molar-refractivity contribution in [2.24, 2.45) is 0 Å². The zero-order valence-electron chi connectivity index (χ0n) is 15.4. The van der Waals surface area contributed by atoms with Crippen molar-refractivity contribution in [1.29, 1.82) is 0 Å². The van der Waals surface area contributed by atoms with Crippen LogP contribution >= 0.6 is 11.6 Å². The van der Waals surface area contributed by atoms with E-state index in [0.717, 1.165) is 5.56 Å². The summed E-state index contributed by atoms with van der Waals surface area (Å²) < 4.78 is 21.1. The molecule has 0 heterocycles. The highest BCUT2D eigenvalue weighted by molar-refractivity contribution is 6.32. The van der Waals surface area contributed by atoms with E-state index < -0.39 is 0 Å². The number of hydrogen-bond acceptors (Lipinski definition) is 5. The van der Waals surface area contributed by atoms with Crippen LogP contribution in [0.1, 0.15) is 28.9 Å². The van der Waals surface area contributed by atoms with E-state index in [9.17, 15) is 4.79 Å². The maximum Gasteiger partial charge on any atom is 0.251 e. The topological polar surface area (TPSA) is 66.0 Å². The smallest absolute Gasteiger partial charge is 0.251 e. The summed E-state index contributed by atoms with van der Waals surface area (Å²) in [6.45, 7) is 1.86. The molecule has 6 nitrogen and oxygen atoms in total. The van der Waals surface area contributed by atoms with Gasteiger partial charge in [0.25, 0.3) is 5.91 Å². The van der Waals surface area contributed by atoms with E-state index in [1.54, 1.807) is 32.4 Å². The molecule has 1 N–H and O–H groups in total. The summed E-state index contributed by atoms with van der Waals surface area (Å²) in [5, 5.41) is 3.22. The van der Waals surface area contributed by atoms with E-state index in [0.29, 0.717) is 33.6 Å². The molecular formula is C19H22ClNO5. The first-order chi connectivity index (χ1) is 12.4. The molecule has 0 saturated heterocycles. The van der Waals surface area contributed by atoms with Crippen molar-refractivity contribution < 1.29 is 23.7 Å². The van der Waals surface area contributed by atoms with Crippen molar-refractivity contribution in [1.82, 2.24) is 5.32 Å². The number of halogens is 1. The number of methoxy groups -OCH3 is 4. The van der Waals surface area contributed by atoms with E-state index in [4.69, 9.17) is 30.5 Å². The molecule has 0 saturated carbocycles. The lowest BCUT2D eigenvalue weighted by molar-refractivity contribution is 0.0939. The molecule has 7 heteroatoms. The number of nitrogens with one attached hydrogen (secondary N) is 1. The van der Waals surface area contributed by atoms with Gasteiger partial charge >= 0.3 is 0 Å². The minimum absolute atomic E-state index is 0.295. The molecule has 2 aromatic rings. The Kier molecular flexibility index (Phi) is 6.58. The predicted octanol–water partition coefficient (Wildman–Crippen LogP) is 3.87. The van der Waals surface area contributed by atoms with Crippen molar-refractivity contribution >= 4 is 17.5 Å². The van der Waals surface area contributed by atoms with Crippen LogP contribution in [-0.4, -0.2) is 34.3 Å². The van der Waals surface area contributed by atoms with Gasteiger partial charge in [-0.1, -0.05) is 11.6 Å². The second-order valence-corrected chi connectivity index (χ2v) is 5.90. The van der Waals surface area contributed by atoms with Crippen LogP contribution in [0.15, 0.2) is 30.3 Å². The minimum atomic E-state index is -0.320. The van der Waals surface area contributed by atoms with Crippen LogP contribution in [0.4, 0.5) is 0 Å². The number of benzene rings is 2. The van der Waals surface area contributed by atoms with Gasteiger partial charge < -0.3 is 24.3 Å². The first kappa shape index (κ1) is 19.7. The highest BCUT2D eigenvalue weighted by Gasteiger charge is 2.19. The van der Waals surface area contributed by atoms with Gasteiger partial charge in [-0.15, -0.1) is 0 Å². The molecule has 2 aromatic carbocycles. The van der Waals surface area contributed by atoms with Crippen molar-refractivity contribution in [3.8, 4) is 23.0 Å². The Morgan fingerprint density at radius 3 is 2.23 bits per heavy atom. The zero-order valence-corrected chi connectivity index (χ0v) is 16.1. The third-order valence-corrected chi connectivity index (χ3v) is 4.23. The number of hydrogen-bond donors (Lipinski definition) is 1. The number of carbonyl (C=O) groups is 1. The number of carbonyl (C=O) groups excluding carboxylic acids is 1. The molecule has 26 heavy (non-hydrogen) atoms. The molecule has 0 aromatic heterocycles. The molecule has 0 unspecified atom stereocenters. The Hall–Kier alpha value is -2.60. The second kappa shape index (κ2) is 8.67. The first-order valence-electron chi connectivity index (χ1n) is 7.89. The molecule has 2 rings (SSSR count). The highest BCUT2D eigenvalue weighted by Crippen LogP contribution is 2.36. The van der Waals surface area contributed by atoms with Gasteiger partial charge in [0, 0.05) is 11.1 Å². The molecule has 0 aliphatic carbocycles. The first-order valence-corrected chi connectivity index (χ1v) is 8.27. The van der Waals surface area contributed by atoms with Gasteiger partial charge in [-0.3, -0.25) is 4.79 Å². The summed E-state index contributed by atoms with van der Waals surface area (Å²) in [6.07, 6.45) is 0. The maximum atomic E-state index is 12.7. The summed E-state index contributed by atoms with van der Waals surface area (Å²) in [6, 6.07) is 8.21. The van der Waals surface area contributed by atoms with E-state index in [1.807, 2.05) is 13.0 Å². The van der Waals surface area contributed by atoms with Crippen LogP contribution in [-0.2, 0) is 0 Å². The summed E-state index contributed by atoms with van der Waals surface area (Å²) in [5.74, 6) is 1.80. The third kappa shape index (κ3) is 4.14. The van der Waals surface area contributed by atoms with Gasteiger partial charge in [-0.05, 0) is 37.3 Å². The van der Waals surface area contributed by atoms with Crippen LogP contribution in [0.5, 0.6) is 23.0 Å². The lowest BCUT2D eigenvalue weighted by Crippen LogP contribution is -2.27. The Bertz CT molecular complexity index is 794. The lowest BCUT2D eigenvalue weighted by Gasteiger charge is -2.19. The third-order valence-electron chi connectivity index (χ3n) is 3.95. The average Bonchev–Trinajstić information content (AvgIpc) is 2.66. The van der Waals surface area contributed by atoms with E-state index in [1.165, 1.54) is 20.3 Å². The molecule has 0 fully saturated rings. The summed E-state index contributed by atoms with van der Waals surface area (Å²) in [7, 11) is 6.13. The fourth-order valence-electron chi connectivity index (χ4n) is 2.58. The van der Waals surface area contributed by atoms with E-state index in [-0.39, 0.29) is 11.9 Å². The number of rotatable bonds is 7. The molecule has 1 amide bonds. The van der Waals surface area contributed by atoms with Crippen LogP contribution in [0.2, 0.25) is 5.02 Å². The average molecular weight is 380 g/mol. The lowest BCUT2D eigenvalue weighted by atomic mass is 10.1. The maximum absolute atomic E-state index is 12.7. The Morgan fingerprint density at radius 1 is 0.962 bits per heavy atom. The van der Waals surface area contributed by atoms with Crippen LogP contribution < -0.4 is 24.3 Å². The fourth-order valence-corrected chi connectivity index (χ4v) is 2.87. The second-order valence-electron chi connectivity index (χ2n) is 5.50. The quantitative estimate of drug-likeness (QED) is 0.791. The summed E-state index contributed by atoms with van der Waals surface area (Å²) in [4.78, 5) is 12.7. The van der Waals surface area contributed by atoms with Gasteiger partial charge in [-0.25, -0.2) is 0 Å². The zero-order chi connectivity index (χ0) is 19.3. The Balaban J connectivity index is 2.29. The summed E-state index contributed by atoms with van der Waals surface area (Å²) in [5.41, 5.74) is 1.16. The van der Waals surface area contributed by atoms with Crippen molar-refractivity contribution in [2.45, 2.75) is 13.0 Å². The largest absolute Gasteiger partial charge is 0.497 e. The molecule has 0 aliphatic rings. The predicted molar refractivity (Wildman–Crippen MR) is 100.0 cm³/mol. The van der Waals surface area contributed by atoms with Gasteiger partial charge in [0.15, 0.2) is 11.5 Å². The van der Waals surface area contributed by atoms with Gasteiger partial charge in [0.05, 0.1) is 39.5 Å². The molecule has 140 valence electrons. The normalized spacial score (nSPS) is 11.5. The summed E-state index contributed by atoms with van der Waals surface area (Å²) >= 11 is 6.18. The molecule has 0 aliphatic heterocycles.